The number of hydrogen-bond acceptors (Lipinski definition) is 3. The van der Waals surface area contributed by atoms with Gasteiger partial charge in [0.25, 0.3) is 0 Å². The first-order valence-electron chi connectivity index (χ1n) is 5.05. The lowest BCUT2D eigenvalue weighted by molar-refractivity contribution is -0.129. The van der Waals surface area contributed by atoms with Crippen molar-refractivity contribution < 1.29 is 9.90 Å². The number of nitrogens with zero attached hydrogens (tertiary/aromatic N) is 1. The third-order valence-electron chi connectivity index (χ3n) is 1.98. The number of hydrogen-bond donors (Lipinski definition) is 2. The second-order valence-corrected chi connectivity index (χ2v) is 4.19. The predicted molar refractivity (Wildman–Crippen MR) is 70.1 cm³/mol. The van der Waals surface area contributed by atoms with Crippen LogP contribution in [0.2, 0.25) is 10.0 Å². The third kappa shape index (κ3) is 4.24. The summed E-state index contributed by atoms with van der Waals surface area (Å²) < 4.78 is 0. The molecule has 0 unspecified atom stereocenters. The summed E-state index contributed by atoms with van der Waals surface area (Å²) >= 11 is 11.6. The molecule has 0 aliphatic heterocycles. The standard InChI is InChI=1S/C11H12Cl2N2O2/c1-2-3-10(11(16)17)15-14-9-5-4-7(12)6-8(9)13/h4-6,14H,2-3H2,1H3,(H,16,17). The Kier molecular flexibility index (Phi) is 5.25. The number of carbonyl (C=O) groups is 1. The SMILES string of the molecule is CCCC(=NNc1ccc(Cl)cc1Cl)C(=O)O. The highest BCUT2D eigenvalue weighted by atomic mass is 35.5. The molecule has 0 bridgehead atoms. The molecule has 0 spiro atoms. The molecular weight excluding hydrogens is 263 g/mol. The fraction of sp³-hybridized carbons (Fsp3) is 0.273. The van der Waals surface area contributed by atoms with Crippen LogP contribution in [0, 0.1) is 0 Å². The van der Waals surface area contributed by atoms with Gasteiger partial charge in [0, 0.05) is 5.02 Å². The topological polar surface area (TPSA) is 61.7 Å². The van der Waals surface area contributed by atoms with E-state index in [2.05, 4.69) is 10.5 Å². The molecule has 0 aliphatic rings. The maximum atomic E-state index is 10.8. The summed E-state index contributed by atoms with van der Waals surface area (Å²) in [5.41, 5.74) is 3.21. The summed E-state index contributed by atoms with van der Waals surface area (Å²) in [6.45, 7) is 1.88. The summed E-state index contributed by atoms with van der Waals surface area (Å²) in [7, 11) is 0. The first kappa shape index (κ1) is 13.8. The van der Waals surface area contributed by atoms with E-state index in [1.54, 1.807) is 18.2 Å². The minimum atomic E-state index is -1.04. The molecule has 4 nitrogen and oxygen atoms in total. The van der Waals surface area contributed by atoms with Crippen LogP contribution in [0.5, 0.6) is 0 Å². The predicted octanol–water partition coefficient (Wildman–Crippen LogP) is 3.65. The smallest absolute Gasteiger partial charge is 0.352 e. The first-order valence-corrected chi connectivity index (χ1v) is 5.81. The van der Waals surface area contributed by atoms with Crippen LogP contribution in [-0.2, 0) is 4.79 Å². The Morgan fingerprint density at radius 3 is 2.71 bits per heavy atom. The largest absolute Gasteiger partial charge is 0.477 e. The van der Waals surface area contributed by atoms with Crippen molar-refractivity contribution in [2.45, 2.75) is 19.8 Å². The van der Waals surface area contributed by atoms with E-state index in [-0.39, 0.29) is 5.71 Å². The number of aliphatic carboxylic acids is 1. The molecule has 0 saturated carbocycles. The van der Waals surface area contributed by atoms with E-state index in [1.165, 1.54) is 0 Å². The van der Waals surface area contributed by atoms with Crippen molar-refractivity contribution in [3.8, 4) is 0 Å². The van der Waals surface area contributed by atoms with Gasteiger partial charge in [-0.25, -0.2) is 4.79 Å². The van der Waals surface area contributed by atoms with Gasteiger partial charge in [-0.2, -0.15) is 5.10 Å². The molecule has 17 heavy (non-hydrogen) atoms. The molecule has 0 heterocycles. The van der Waals surface area contributed by atoms with Crippen LogP contribution >= 0.6 is 23.2 Å². The van der Waals surface area contributed by atoms with E-state index < -0.39 is 5.97 Å². The van der Waals surface area contributed by atoms with Crippen molar-refractivity contribution >= 4 is 40.6 Å². The number of carboxylic acids is 1. The van der Waals surface area contributed by atoms with Crippen molar-refractivity contribution in [3.63, 3.8) is 0 Å². The van der Waals surface area contributed by atoms with Crippen molar-refractivity contribution in [1.29, 1.82) is 0 Å². The van der Waals surface area contributed by atoms with Gasteiger partial charge in [-0.3, -0.25) is 5.43 Å². The molecule has 6 heteroatoms. The highest BCUT2D eigenvalue weighted by Gasteiger charge is 2.08. The van der Waals surface area contributed by atoms with E-state index in [0.29, 0.717) is 28.6 Å². The number of hydrazone groups is 1. The quantitative estimate of drug-likeness (QED) is 0.637. The van der Waals surface area contributed by atoms with Gasteiger partial charge in [0.15, 0.2) is 0 Å². The molecule has 2 N–H and O–H groups in total. The number of rotatable bonds is 5. The molecule has 1 aromatic rings. The molecule has 0 radical (unpaired) electrons. The van der Waals surface area contributed by atoms with Crippen molar-refractivity contribution in [2.75, 3.05) is 5.43 Å². The lowest BCUT2D eigenvalue weighted by Crippen LogP contribution is -2.14. The summed E-state index contributed by atoms with van der Waals surface area (Å²) in [5.74, 6) is -1.04. The fourth-order valence-electron chi connectivity index (χ4n) is 1.16. The molecule has 0 fully saturated rings. The molecule has 0 aromatic heterocycles. The van der Waals surface area contributed by atoms with Crippen LogP contribution in [0.15, 0.2) is 23.3 Å². The Bertz CT molecular complexity index is 447. The second kappa shape index (κ2) is 6.47. The number of anilines is 1. The molecule has 0 amide bonds. The average molecular weight is 275 g/mol. The van der Waals surface area contributed by atoms with Crippen LogP contribution in [0.1, 0.15) is 19.8 Å². The Labute approximate surface area is 109 Å². The van der Waals surface area contributed by atoms with Gasteiger partial charge < -0.3 is 5.11 Å². The highest BCUT2D eigenvalue weighted by molar-refractivity contribution is 6.37. The lowest BCUT2D eigenvalue weighted by atomic mass is 10.2. The number of carboxylic acid groups (broad SMARTS) is 1. The minimum absolute atomic E-state index is 0.0681. The van der Waals surface area contributed by atoms with Crippen LogP contribution in [0.3, 0.4) is 0 Å². The Balaban J connectivity index is 2.83. The molecule has 0 saturated heterocycles. The van der Waals surface area contributed by atoms with Crippen molar-refractivity contribution in [3.05, 3.63) is 28.2 Å². The van der Waals surface area contributed by atoms with Gasteiger partial charge in [0.05, 0.1) is 10.7 Å². The van der Waals surface area contributed by atoms with Gasteiger partial charge in [-0.05, 0) is 24.6 Å². The van der Waals surface area contributed by atoms with Gasteiger partial charge in [-0.1, -0.05) is 36.5 Å². The summed E-state index contributed by atoms with van der Waals surface area (Å²) in [4.78, 5) is 10.8. The van der Waals surface area contributed by atoms with E-state index >= 15 is 0 Å². The van der Waals surface area contributed by atoms with Gasteiger partial charge in [0.2, 0.25) is 0 Å². The van der Waals surface area contributed by atoms with E-state index in [1.807, 2.05) is 6.92 Å². The number of halogens is 2. The zero-order valence-corrected chi connectivity index (χ0v) is 10.7. The first-order chi connectivity index (χ1) is 8.04. The van der Waals surface area contributed by atoms with Crippen LogP contribution in [-0.4, -0.2) is 16.8 Å². The Morgan fingerprint density at radius 1 is 1.47 bits per heavy atom. The number of nitrogens with one attached hydrogen (secondary N) is 1. The Morgan fingerprint density at radius 2 is 2.18 bits per heavy atom. The summed E-state index contributed by atoms with van der Waals surface area (Å²) in [6, 6.07) is 4.84. The molecule has 1 rings (SSSR count). The maximum absolute atomic E-state index is 10.8. The van der Waals surface area contributed by atoms with E-state index in [0.717, 1.165) is 0 Å². The zero-order valence-electron chi connectivity index (χ0n) is 9.20. The van der Waals surface area contributed by atoms with Crippen molar-refractivity contribution in [2.24, 2.45) is 5.10 Å². The molecule has 0 aliphatic carbocycles. The summed E-state index contributed by atoms with van der Waals surface area (Å²) in [5, 5.41) is 13.6. The van der Waals surface area contributed by atoms with Crippen LogP contribution in [0.4, 0.5) is 5.69 Å². The fourth-order valence-corrected chi connectivity index (χ4v) is 1.61. The van der Waals surface area contributed by atoms with Gasteiger partial charge in [0.1, 0.15) is 5.71 Å². The van der Waals surface area contributed by atoms with E-state index in [4.69, 9.17) is 28.3 Å². The normalized spacial score (nSPS) is 11.4. The highest BCUT2D eigenvalue weighted by Crippen LogP contribution is 2.25. The van der Waals surface area contributed by atoms with E-state index in [9.17, 15) is 4.79 Å². The number of benzene rings is 1. The molecule has 1 aromatic carbocycles. The monoisotopic (exact) mass is 274 g/mol. The maximum Gasteiger partial charge on any atom is 0.352 e. The van der Waals surface area contributed by atoms with Gasteiger partial charge in [-0.15, -0.1) is 0 Å². The molecular formula is C11H12Cl2N2O2. The summed E-state index contributed by atoms with van der Waals surface area (Å²) in [6.07, 6.45) is 1.11. The zero-order chi connectivity index (χ0) is 12.8. The Hall–Kier alpha value is -1.26. The minimum Gasteiger partial charge on any atom is -0.477 e. The second-order valence-electron chi connectivity index (χ2n) is 3.35. The lowest BCUT2D eigenvalue weighted by Gasteiger charge is -2.05. The average Bonchev–Trinajstić information content (AvgIpc) is 2.25. The van der Waals surface area contributed by atoms with Crippen LogP contribution < -0.4 is 5.43 Å². The van der Waals surface area contributed by atoms with Gasteiger partial charge >= 0.3 is 5.97 Å². The molecule has 92 valence electrons. The van der Waals surface area contributed by atoms with Crippen molar-refractivity contribution in [1.82, 2.24) is 0 Å². The van der Waals surface area contributed by atoms with Crippen LogP contribution in [0.25, 0.3) is 0 Å². The third-order valence-corrected chi connectivity index (χ3v) is 2.52. The molecule has 0 atom stereocenters.